The molecule has 0 amide bonds. The van der Waals surface area contributed by atoms with E-state index in [1.54, 1.807) is 12.1 Å². The highest BCUT2D eigenvalue weighted by Crippen LogP contribution is 2.05. The molecule has 2 aromatic rings. The monoisotopic (exact) mass is 182 g/mol. The number of halogens is 1. The topological polar surface area (TPSA) is 60.2 Å². The van der Waals surface area contributed by atoms with Crippen LogP contribution in [0.4, 0.5) is 0 Å². The maximum absolute atomic E-state index is 10.4. The van der Waals surface area contributed by atoms with Crippen molar-refractivity contribution in [3.05, 3.63) is 23.1 Å². The molecule has 0 aromatic carbocycles. The maximum atomic E-state index is 10.4. The SMILES string of the molecule is O=Cc1nnc2ccc(Cl)nn12. The van der Waals surface area contributed by atoms with Gasteiger partial charge in [-0.25, -0.2) is 0 Å². The minimum atomic E-state index is 0.146. The van der Waals surface area contributed by atoms with E-state index in [2.05, 4.69) is 15.3 Å². The molecule has 0 aliphatic heterocycles. The first-order valence-corrected chi connectivity index (χ1v) is 3.52. The van der Waals surface area contributed by atoms with Crippen LogP contribution in [0.25, 0.3) is 5.65 Å². The van der Waals surface area contributed by atoms with Gasteiger partial charge in [0, 0.05) is 0 Å². The summed E-state index contributed by atoms with van der Waals surface area (Å²) in [5.41, 5.74) is 0.501. The molecule has 0 bridgehead atoms. The molecule has 0 atom stereocenters. The molecule has 2 heterocycles. The van der Waals surface area contributed by atoms with Crippen LogP contribution in [0, 0.1) is 0 Å². The molecule has 60 valence electrons. The average Bonchev–Trinajstić information content (AvgIpc) is 2.46. The zero-order valence-corrected chi connectivity index (χ0v) is 6.56. The van der Waals surface area contributed by atoms with Crippen LogP contribution in [0.3, 0.4) is 0 Å². The standard InChI is InChI=1S/C6H3ClN4O/c7-4-1-2-5-8-9-6(3-12)11(5)10-4/h1-3H. The molecule has 0 radical (unpaired) electrons. The number of fused-ring (bicyclic) bond motifs is 1. The van der Waals surface area contributed by atoms with Crippen molar-refractivity contribution in [3.63, 3.8) is 0 Å². The maximum Gasteiger partial charge on any atom is 0.217 e. The highest BCUT2D eigenvalue weighted by Gasteiger charge is 2.04. The Bertz CT molecular complexity index is 438. The third-order valence-electron chi connectivity index (χ3n) is 1.36. The van der Waals surface area contributed by atoms with Crippen LogP contribution in [0.1, 0.15) is 10.6 Å². The third-order valence-corrected chi connectivity index (χ3v) is 1.56. The van der Waals surface area contributed by atoms with Gasteiger partial charge in [-0.2, -0.15) is 9.61 Å². The summed E-state index contributed by atoms with van der Waals surface area (Å²) >= 11 is 5.60. The summed E-state index contributed by atoms with van der Waals surface area (Å²) in [6, 6.07) is 3.22. The van der Waals surface area contributed by atoms with E-state index in [1.165, 1.54) is 4.52 Å². The second-order valence-corrected chi connectivity index (χ2v) is 2.49. The highest BCUT2D eigenvalue weighted by molar-refractivity contribution is 6.29. The Morgan fingerprint density at radius 1 is 1.42 bits per heavy atom. The molecule has 12 heavy (non-hydrogen) atoms. The van der Waals surface area contributed by atoms with Gasteiger partial charge in [0.15, 0.2) is 11.9 Å². The summed E-state index contributed by atoms with van der Waals surface area (Å²) in [5, 5.41) is 11.4. The van der Waals surface area contributed by atoms with Gasteiger partial charge in [0.25, 0.3) is 0 Å². The molecular formula is C6H3ClN4O. The van der Waals surface area contributed by atoms with Crippen LogP contribution in [0.2, 0.25) is 5.15 Å². The molecule has 2 aromatic heterocycles. The summed E-state index contributed by atoms with van der Waals surface area (Å²) in [5.74, 6) is 0.146. The molecule has 0 saturated heterocycles. The summed E-state index contributed by atoms with van der Waals surface area (Å²) in [4.78, 5) is 10.4. The van der Waals surface area contributed by atoms with Crippen molar-refractivity contribution >= 4 is 23.5 Å². The lowest BCUT2D eigenvalue weighted by molar-refractivity contribution is 0.111. The van der Waals surface area contributed by atoms with Gasteiger partial charge in [0.2, 0.25) is 5.82 Å². The number of aldehydes is 1. The Labute approximate surface area is 72.0 Å². The van der Waals surface area contributed by atoms with Crippen LogP contribution in [0.5, 0.6) is 0 Å². The fraction of sp³-hybridized carbons (Fsp3) is 0. The number of carbonyl (C=O) groups excluding carboxylic acids is 1. The van der Waals surface area contributed by atoms with E-state index < -0.39 is 0 Å². The molecule has 2 rings (SSSR count). The Kier molecular flexibility index (Phi) is 1.51. The van der Waals surface area contributed by atoms with Gasteiger partial charge in [-0.3, -0.25) is 4.79 Å². The number of aromatic nitrogens is 4. The smallest absolute Gasteiger partial charge is 0.217 e. The zero-order chi connectivity index (χ0) is 8.55. The first kappa shape index (κ1) is 7.17. The normalized spacial score (nSPS) is 10.4. The van der Waals surface area contributed by atoms with E-state index in [0.717, 1.165) is 0 Å². The predicted octanol–water partition coefficient (Wildman–Crippen LogP) is 0.590. The fourth-order valence-electron chi connectivity index (χ4n) is 0.857. The van der Waals surface area contributed by atoms with E-state index in [9.17, 15) is 4.79 Å². The molecule has 0 unspecified atom stereocenters. The van der Waals surface area contributed by atoms with E-state index >= 15 is 0 Å². The van der Waals surface area contributed by atoms with Gasteiger partial charge >= 0.3 is 0 Å². The molecule has 6 heteroatoms. The lowest BCUT2D eigenvalue weighted by atomic mass is 10.5. The van der Waals surface area contributed by atoms with Gasteiger partial charge in [-0.15, -0.1) is 10.2 Å². The van der Waals surface area contributed by atoms with Crippen LogP contribution in [-0.4, -0.2) is 26.1 Å². The Hall–Kier alpha value is -1.49. The lowest BCUT2D eigenvalue weighted by Gasteiger charge is -1.91. The molecule has 0 saturated carbocycles. The molecule has 0 N–H and O–H groups in total. The number of hydrogen-bond acceptors (Lipinski definition) is 4. The highest BCUT2D eigenvalue weighted by atomic mass is 35.5. The average molecular weight is 183 g/mol. The summed E-state index contributed by atoms with van der Waals surface area (Å²) in [7, 11) is 0. The molecule has 0 aliphatic carbocycles. The fourth-order valence-corrected chi connectivity index (χ4v) is 0.995. The summed E-state index contributed by atoms with van der Waals surface area (Å²) in [6.07, 6.45) is 0.573. The van der Waals surface area contributed by atoms with Crippen molar-refractivity contribution in [2.45, 2.75) is 0 Å². The Morgan fingerprint density at radius 3 is 3.00 bits per heavy atom. The van der Waals surface area contributed by atoms with Gasteiger partial charge in [-0.1, -0.05) is 11.6 Å². The first-order chi connectivity index (χ1) is 5.81. The first-order valence-electron chi connectivity index (χ1n) is 3.14. The second-order valence-electron chi connectivity index (χ2n) is 2.10. The van der Waals surface area contributed by atoms with E-state index in [0.29, 0.717) is 17.1 Å². The second kappa shape index (κ2) is 2.53. The molecule has 0 aliphatic rings. The van der Waals surface area contributed by atoms with Crippen molar-refractivity contribution < 1.29 is 4.79 Å². The quantitative estimate of drug-likeness (QED) is 0.606. The van der Waals surface area contributed by atoms with Crippen molar-refractivity contribution in [2.24, 2.45) is 0 Å². The van der Waals surface area contributed by atoms with Crippen molar-refractivity contribution in [1.29, 1.82) is 0 Å². The lowest BCUT2D eigenvalue weighted by Crippen LogP contribution is -1.96. The van der Waals surface area contributed by atoms with Crippen LogP contribution < -0.4 is 0 Å². The van der Waals surface area contributed by atoms with E-state index in [4.69, 9.17) is 11.6 Å². The molecule has 0 spiro atoms. The van der Waals surface area contributed by atoms with Crippen LogP contribution in [0.15, 0.2) is 12.1 Å². The van der Waals surface area contributed by atoms with Crippen molar-refractivity contribution in [1.82, 2.24) is 19.8 Å². The number of nitrogens with zero attached hydrogens (tertiary/aromatic N) is 4. The number of carbonyl (C=O) groups is 1. The minimum Gasteiger partial charge on any atom is -0.294 e. The Balaban J connectivity index is 2.83. The number of hydrogen-bond donors (Lipinski definition) is 0. The van der Waals surface area contributed by atoms with Gasteiger partial charge in [0.05, 0.1) is 0 Å². The summed E-state index contributed by atoms with van der Waals surface area (Å²) < 4.78 is 1.29. The van der Waals surface area contributed by atoms with Gasteiger partial charge in [-0.05, 0) is 12.1 Å². The predicted molar refractivity (Wildman–Crippen MR) is 41.2 cm³/mol. The van der Waals surface area contributed by atoms with Gasteiger partial charge in [0.1, 0.15) is 5.15 Å². The zero-order valence-electron chi connectivity index (χ0n) is 5.81. The van der Waals surface area contributed by atoms with Crippen molar-refractivity contribution in [2.75, 3.05) is 0 Å². The Morgan fingerprint density at radius 2 is 2.25 bits per heavy atom. The van der Waals surface area contributed by atoms with E-state index in [-0.39, 0.29) is 5.82 Å². The van der Waals surface area contributed by atoms with E-state index in [1.807, 2.05) is 0 Å². The largest absolute Gasteiger partial charge is 0.294 e. The van der Waals surface area contributed by atoms with Crippen LogP contribution >= 0.6 is 11.6 Å². The summed E-state index contributed by atoms with van der Waals surface area (Å²) in [6.45, 7) is 0. The number of rotatable bonds is 1. The third kappa shape index (κ3) is 0.947. The molecule has 0 fully saturated rings. The molecule has 5 nitrogen and oxygen atoms in total. The van der Waals surface area contributed by atoms with Crippen LogP contribution in [-0.2, 0) is 0 Å². The van der Waals surface area contributed by atoms with Gasteiger partial charge < -0.3 is 0 Å². The molecular weight excluding hydrogens is 180 g/mol. The minimum absolute atomic E-state index is 0.146. The van der Waals surface area contributed by atoms with Crippen molar-refractivity contribution in [3.8, 4) is 0 Å².